The largest absolute Gasteiger partial charge is 0.467 e. The van der Waals surface area contributed by atoms with E-state index in [0.29, 0.717) is 0 Å². The van der Waals surface area contributed by atoms with Crippen molar-refractivity contribution in [3.63, 3.8) is 0 Å². The molecule has 0 saturated carbocycles. The van der Waals surface area contributed by atoms with Crippen LogP contribution in [0.15, 0.2) is 0 Å². The molecule has 6 heteroatoms. The monoisotopic (exact) mass is 163 g/mol. The molecule has 0 aliphatic rings. The summed E-state index contributed by atoms with van der Waals surface area (Å²) in [6, 6.07) is 0. The van der Waals surface area contributed by atoms with Crippen LogP contribution in [0.5, 0.6) is 0 Å². The molecule has 64 valence electrons. The van der Waals surface area contributed by atoms with Gasteiger partial charge in [-0.15, -0.1) is 0 Å². The van der Waals surface area contributed by atoms with Crippen LogP contribution in [0.2, 0.25) is 0 Å². The van der Waals surface area contributed by atoms with Gasteiger partial charge in [0.05, 0.1) is 7.11 Å². The number of nitrogens with zero attached hydrogens (tertiary/aromatic N) is 1. The number of hydrogen-bond donors (Lipinski definition) is 1. The van der Waals surface area contributed by atoms with Crippen molar-refractivity contribution in [2.45, 2.75) is 12.5 Å². The molecule has 0 aromatic rings. The van der Waals surface area contributed by atoms with Crippen molar-refractivity contribution in [1.82, 2.24) is 0 Å². The molecule has 1 N–H and O–H groups in total. The van der Waals surface area contributed by atoms with Crippen LogP contribution in [0.4, 0.5) is 0 Å². The molecule has 0 aromatic heterocycles. The summed E-state index contributed by atoms with van der Waals surface area (Å²) in [6.07, 6.45) is 0. The number of carbonyl (C=O) groups excluding carboxylic acids is 1. The fourth-order valence-electron chi connectivity index (χ4n) is 0.536. The lowest BCUT2D eigenvalue weighted by molar-refractivity contribution is -0.496. The smallest absolute Gasteiger partial charge is 0.344 e. The minimum absolute atomic E-state index is 0.781. The van der Waals surface area contributed by atoms with Crippen molar-refractivity contribution >= 4 is 5.97 Å². The fourth-order valence-corrected chi connectivity index (χ4v) is 0.536. The third-order valence-electron chi connectivity index (χ3n) is 1.06. The maximum absolute atomic E-state index is 10.6. The molecule has 11 heavy (non-hydrogen) atoms. The van der Waals surface area contributed by atoms with Crippen molar-refractivity contribution in [2.24, 2.45) is 0 Å². The Kier molecular flexibility index (Phi) is 2.94. The van der Waals surface area contributed by atoms with Crippen molar-refractivity contribution < 1.29 is 19.6 Å². The Morgan fingerprint density at radius 1 is 1.82 bits per heavy atom. The van der Waals surface area contributed by atoms with Crippen LogP contribution in [0.1, 0.15) is 6.92 Å². The second-order valence-corrected chi connectivity index (χ2v) is 2.26. The molecule has 0 saturated heterocycles. The summed E-state index contributed by atoms with van der Waals surface area (Å²) in [5.41, 5.74) is -2.03. The van der Waals surface area contributed by atoms with Crippen molar-refractivity contribution in [3.8, 4) is 0 Å². The molecule has 1 atom stereocenters. The lowest BCUT2D eigenvalue weighted by Crippen LogP contribution is -2.42. The van der Waals surface area contributed by atoms with E-state index < -0.39 is 23.0 Å². The van der Waals surface area contributed by atoms with Gasteiger partial charge in [0.15, 0.2) is 0 Å². The lowest BCUT2D eigenvalue weighted by Gasteiger charge is -2.14. The first-order chi connectivity index (χ1) is 4.90. The molecule has 0 aromatic carbocycles. The zero-order chi connectivity index (χ0) is 9.07. The first-order valence-electron chi connectivity index (χ1n) is 2.83. The zero-order valence-electron chi connectivity index (χ0n) is 6.23. The molecule has 0 fully saturated rings. The molecule has 0 radical (unpaired) electrons. The highest BCUT2D eigenvalue weighted by atomic mass is 16.6. The van der Waals surface area contributed by atoms with Gasteiger partial charge in [0, 0.05) is 4.92 Å². The Morgan fingerprint density at radius 3 is 2.55 bits per heavy atom. The summed E-state index contributed by atoms with van der Waals surface area (Å²) in [5, 5.41) is 18.9. The van der Waals surface area contributed by atoms with E-state index in [0.717, 1.165) is 14.0 Å². The zero-order valence-corrected chi connectivity index (χ0v) is 6.23. The van der Waals surface area contributed by atoms with E-state index in [1.165, 1.54) is 0 Å². The van der Waals surface area contributed by atoms with E-state index in [4.69, 9.17) is 5.11 Å². The van der Waals surface area contributed by atoms with Gasteiger partial charge in [-0.05, 0) is 6.92 Å². The normalized spacial score (nSPS) is 15.2. The highest BCUT2D eigenvalue weighted by Crippen LogP contribution is 2.04. The molecule has 0 unspecified atom stereocenters. The molecule has 6 nitrogen and oxygen atoms in total. The minimum atomic E-state index is -2.03. The van der Waals surface area contributed by atoms with Crippen molar-refractivity contribution in [2.75, 3.05) is 13.7 Å². The SMILES string of the molecule is COC(=O)[C@](C)(O)C[N+](=O)[O-]. The van der Waals surface area contributed by atoms with E-state index >= 15 is 0 Å². The summed E-state index contributed by atoms with van der Waals surface area (Å²) in [4.78, 5) is 19.7. The van der Waals surface area contributed by atoms with E-state index in [1.54, 1.807) is 0 Å². The topological polar surface area (TPSA) is 89.7 Å². The summed E-state index contributed by atoms with van der Waals surface area (Å²) in [5.74, 6) is -1.01. The third kappa shape index (κ3) is 2.94. The lowest BCUT2D eigenvalue weighted by atomic mass is 10.1. The average Bonchev–Trinajstić information content (AvgIpc) is 1.83. The van der Waals surface area contributed by atoms with E-state index in [9.17, 15) is 14.9 Å². The van der Waals surface area contributed by atoms with Gasteiger partial charge in [0.2, 0.25) is 12.1 Å². The predicted octanol–water partition coefficient (Wildman–Crippen LogP) is -0.813. The van der Waals surface area contributed by atoms with Crippen LogP contribution >= 0.6 is 0 Å². The highest BCUT2D eigenvalue weighted by Gasteiger charge is 2.37. The molecule has 0 aliphatic heterocycles. The number of carbonyl (C=O) groups is 1. The van der Waals surface area contributed by atoms with Gasteiger partial charge in [-0.1, -0.05) is 0 Å². The van der Waals surface area contributed by atoms with Crippen LogP contribution < -0.4 is 0 Å². The second kappa shape index (κ2) is 3.29. The third-order valence-corrected chi connectivity index (χ3v) is 1.06. The summed E-state index contributed by atoms with van der Waals surface area (Å²) in [7, 11) is 1.05. The van der Waals surface area contributed by atoms with E-state index in [2.05, 4.69) is 4.74 Å². The molecule has 0 bridgehead atoms. The van der Waals surface area contributed by atoms with Gasteiger partial charge in [-0.25, -0.2) is 4.79 Å². The number of ether oxygens (including phenoxy) is 1. The van der Waals surface area contributed by atoms with Gasteiger partial charge in [-0.2, -0.15) is 0 Å². The molecule has 0 amide bonds. The number of methoxy groups -OCH3 is 1. The van der Waals surface area contributed by atoms with Gasteiger partial charge in [-0.3, -0.25) is 10.1 Å². The Labute approximate surface area is 62.9 Å². The molecule has 0 heterocycles. The maximum Gasteiger partial charge on any atom is 0.344 e. The molecule has 0 rings (SSSR count). The number of esters is 1. The highest BCUT2D eigenvalue weighted by molar-refractivity contribution is 5.78. The standard InChI is InChI=1S/C5H9NO5/c1-5(8,3-6(9)10)4(7)11-2/h8H,3H2,1-2H3/t5-/m1/s1. The first-order valence-corrected chi connectivity index (χ1v) is 2.83. The molecule has 0 spiro atoms. The fraction of sp³-hybridized carbons (Fsp3) is 0.800. The van der Waals surface area contributed by atoms with Gasteiger partial charge in [0.1, 0.15) is 0 Å². The first kappa shape index (κ1) is 9.83. The van der Waals surface area contributed by atoms with Gasteiger partial charge < -0.3 is 9.84 Å². The summed E-state index contributed by atoms with van der Waals surface area (Å²) >= 11 is 0. The molecule has 0 aliphatic carbocycles. The quantitative estimate of drug-likeness (QED) is 0.333. The molecular weight excluding hydrogens is 154 g/mol. The van der Waals surface area contributed by atoms with E-state index in [-0.39, 0.29) is 0 Å². The van der Waals surface area contributed by atoms with Crippen LogP contribution in [0.3, 0.4) is 0 Å². The van der Waals surface area contributed by atoms with Gasteiger partial charge >= 0.3 is 5.97 Å². The Balaban J connectivity index is 4.21. The van der Waals surface area contributed by atoms with Crippen LogP contribution in [0.25, 0.3) is 0 Å². The van der Waals surface area contributed by atoms with Gasteiger partial charge in [0.25, 0.3) is 0 Å². The predicted molar refractivity (Wildman–Crippen MR) is 34.5 cm³/mol. The number of aliphatic hydroxyl groups is 1. The summed E-state index contributed by atoms with van der Waals surface area (Å²) in [6.45, 7) is 0.182. The Hall–Kier alpha value is -1.17. The van der Waals surface area contributed by atoms with Crippen LogP contribution in [-0.4, -0.2) is 35.3 Å². The van der Waals surface area contributed by atoms with Crippen molar-refractivity contribution in [1.29, 1.82) is 0 Å². The van der Waals surface area contributed by atoms with Crippen LogP contribution in [0, 0.1) is 10.1 Å². The average molecular weight is 163 g/mol. The van der Waals surface area contributed by atoms with Crippen molar-refractivity contribution in [3.05, 3.63) is 10.1 Å². The second-order valence-electron chi connectivity index (χ2n) is 2.26. The Bertz CT molecular complexity index is 176. The maximum atomic E-state index is 10.6. The molecular formula is C5H9NO5. The summed E-state index contributed by atoms with van der Waals surface area (Å²) < 4.78 is 4.12. The number of rotatable bonds is 3. The Morgan fingerprint density at radius 2 is 2.27 bits per heavy atom. The number of nitro groups is 1. The number of hydrogen-bond acceptors (Lipinski definition) is 5. The van der Waals surface area contributed by atoms with E-state index in [1.807, 2.05) is 0 Å². The van der Waals surface area contributed by atoms with Crippen LogP contribution in [-0.2, 0) is 9.53 Å². The minimum Gasteiger partial charge on any atom is -0.467 e.